The van der Waals surface area contributed by atoms with Crippen molar-refractivity contribution in [2.75, 3.05) is 6.67 Å². The standard InChI is InChI=1S/C24H22ClFN2O6/c1-2-20(21(29)8-14(9-23(31)32)22(30)12-26)28-13-27-19-7-6-17(11-18(19)24(28)33)34-16-5-3-4-15(25)10-16/h3-7,10-11,13-14,20H,2,8-9,12H2,1H3,(H,31,32)/t14?,20-/m0/s1. The zero-order valence-corrected chi connectivity index (χ0v) is 19.0. The van der Waals surface area contributed by atoms with E-state index in [4.69, 9.17) is 21.4 Å². The lowest BCUT2D eigenvalue weighted by Gasteiger charge is -2.19. The molecule has 3 aromatic rings. The number of rotatable bonds is 11. The Labute approximate surface area is 198 Å². The third-order valence-electron chi connectivity index (χ3n) is 5.34. The van der Waals surface area contributed by atoms with E-state index in [0.29, 0.717) is 22.0 Å². The number of alkyl halides is 1. The summed E-state index contributed by atoms with van der Waals surface area (Å²) in [5, 5.41) is 9.68. The molecule has 0 spiro atoms. The van der Waals surface area contributed by atoms with Gasteiger partial charge in [-0.2, -0.15) is 0 Å². The summed E-state index contributed by atoms with van der Waals surface area (Å²) in [6, 6.07) is 10.5. The molecular weight excluding hydrogens is 467 g/mol. The van der Waals surface area contributed by atoms with Crippen molar-refractivity contribution in [2.45, 2.75) is 32.2 Å². The van der Waals surface area contributed by atoms with Crippen molar-refractivity contribution in [3.8, 4) is 11.5 Å². The van der Waals surface area contributed by atoms with Crippen LogP contribution in [0.1, 0.15) is 32.2 Å². The van der Waals surface area contributed by atoms with E-state index in [1.165, 1.54) is 12.4 Å². The molecule has 2 aromatic carbocycles. The van der Waals surface area contributed by atoms with Crippen LogP contribution in [0.15, 0.2) is 53.6 Å². The van der Waals surface area contributed by atoms with Gasteiger partial charge in [0.25, 0.3) is 5.56 Å². The van der Waals surface area contributed by atoms with Crippen LogP contribution < -0.4 is 10.3 Å². The van der Waals surface area contributed by atoms with Gasteiger partial charge in [-0.1, -0.05) is 24.6 Å². The number of aliphatic carboxylic acids is 1. The van der Waals surface area contributed by atoms with Crippen molar-refractivity contribution in [1.82, 2.24) is 9.55 Å². The second-order valence-electron chi connectivity index (χ2n) is 7.68. The molecule has 0 fully saturated rings. The molecule has 0 saturated carbocycles. The molecular formula is C24H22ClFN2O6. The number of ketones is 2. The van der Waals surface area contributed by atoms with Crippen LogP contribution in [-0.4, -0.2) is 38.9 Å². The summed E-state index contributed by atoms with van der Waals surface area (Å²) < 4.78 is 19.8. The Morgan fingerprint density at radius 1 is 1.12 bits per heavy atom. The van der Waals surface area contributed by atoms with E-state index in [1.54, 1.807) is 43.3 Å². The van der Waals surface area contributed by atoms with Crippen LogP contribution in [-0.2, 0) is 14.4 Å². The van der Waals surface area contributed by atoms with Gasteiger partial charge in [0.2, 0.25) is 0 Å². The molecule has 0 aliphatic carbocycles. The largest absolute Gasteiger partial charge is 0.481 e. The Bertz CT molecular complexity index is 1290. The fourth-order valence-corrected chi connectivity index (χ4v) is 3.83. The number of carbonyl (C=O) groups excluding carboxylic acids is 2. The number of Topliss-reactive ketones (excluding diaryl/α,β-unsaturated/α-hetero) is 2. The third kappa shape index (κ3) is 5.85. The maximum Gasteiger partial charge on any atom is 0.304 e. The Balaban J connectivity index is 1.92. The van der Waals surface area contributed by atoms with Gasteiger partial charge in [0.1, 0.15) is 18.2 Å². The predicted octanol–water partition coefficient (Wildman–Crippen LogP) is 4.38. The van der Waals surface area contributed by atoms with Crippen LogP contribution in [0.25, 0.3) is 10.9 Å². The molecule has 0 aliphatic heterocycles. The van der Waals surface area contributed by atoms with Gasteiger partial charge in [-0.05, 0) is 42.8 Å². The molecule has 178 valence electrons. The minimum atomic E-state index is -1.37. The minimum Gasteiger partial charge on any atom is -0.481 e. The number of carbonyl (C=O) groups is 3. The van der Waals surface area contributed by atoms with Gasteiger partial charge in [0.15, 0.2) is 11.6 Å². The predicted molar refractivity (Wildman–Crippen MR) is 123 cm³/mol. The van der Waals surface area contributed by atoms with E-state index in [2.05, 4.69) is 4.98 Å². The van der Waals surface area contributed by atoms with Crippen LogP contribution in [0, 0.1) is 5.92 Å². The Kier molecular flexibility index (Phi) is 8.12. The quantitative estimate of drug-likeness (QED) is 0.425. The molecule has 8 nitrogen and oxygen atoms in total. The summed E-state index contributed by atoms with van der Waals surface area (Å²) in [5.74, 6) is -3.29. The number of halogens is 2. The number of ether oxygens (including phenoxy) is 1. The van der Waals surface area contributed by atoms with E-state index < -0.39 is 54.6 Å². The van der Waals surface area contributed by atoms with Crippen molar-refractivity contribution in [3.05, 3.63) is 64.2 Å². The first-order valence-electron chi connectivity index (χ1n) is 10.5. The van der Waals surface area contributed by atoms with Gasteiger partial charge in [0.05, 0.1) is 29.7 Å². The van der Waals surface area contributed by atoms with Crippen LogP contribution in [0.5, 0.6) is 11.5 Å². The molecule has 1 aromatic heterocycles. The summed E-state index contributed by atoms with van der Waals surface area (Å²) in [4.78, 5) is 53.2. The van der Waals surface area contributed by atoms with Crippen molar-refractivity contribution < 1.29 is 28.6 Å². The molecule has 0 radical (unpaired) electrons. The van der Waals surface area contributed by atoms with Crippen molar-refractivity contribution in [3.63, 3.8) is 0 Å². The van der Waals surface area contributed by atoms with Crippen molar-refractivity contribution >= 4 is 40.0 Å². The second-order valence-corrected chi connectivity index (χ2v) is 8.12. The first kappa shape index (κ1) is 25.0. The number of hydrogen-bond donors (Lipinski definition) is 1. The van der Waals surface area contributed by atoms with Gasteiger partial charge >= 0.3 is 5.97 Å². The normalized spacial score (nSPS) is 12.8. The maximum absolute atomic E-state index is 13.2. The second kappa shape index (κ2) is 11.0. The van der Waals surface area contributed by atoms with Crippen LogP contribution in [0.2, 0.25) is 5.02 Å². The van der Waals surface area contributed by atoms with E-state index in [1.807, 2.05) is 0 Å². The molecule has 1 unspecified atom stereocenters. The van der Waals surface area contributed by atoms with E-state index in [9.17, 15) is 23.6 Å². The highest BCUT2D eigenvalue weighted by Crippen LogP contribution is 2.26. The number of aromatic nitrogens is 2. The van der Waals surface area contributed by atoms with E-state index in [0.717, 1.165) is 4.57 Å². The smallest absolute Gasteiger partial charge is 0.304 e. The number of nitrogens with zero attached hydrogens (tertiary/aromatic N) is 2. The number of hydrogen-bond acceptors (Lipinski definition) is 6. The average Bonchev–Trinajstić information content (AvgIpc) is 2.80. The minimum absolute atomic E-state index is 0.189. The third-order valence-corrected chi connectivity index (χ3v) is 5.57. The highest BCUT2D eigenvalue weighted by molar-refractivity contribution is 6.30. The lowest BCUT2D eigenvalue weighted by atomic mass is 9.91. The Morgan fingerprint density at radius 3 is 2.50 bits per heavy atom. The van der Waals surface area contributed by atoms with E-state index >= 15 is 0 Å². The van der Waals surface area contributed by atoms with E-state index in [-0.39, 0.29) is 11.8 Å². The first-order chi connectivity index (χ1) is 16.2. The molecule has 34 heavy (non-hydrogen) atoms. The first-order valence-corrected chi connectivity index (χ1v) is 10.9. The van der Waals surface area contributed by atoms with Gasteiger partial charge in [-0.15, -0.1) is 0 Å². The number of fused-ring (bicyclic) bond motifs is 1. The fraction of sp³-hybridized carbons (Fsp3) is 0.292. The fourth-order valence-electron chi connectivity index (χ4n) is 3.65. The lowest BCUT2D eigenvalue weighted by Crippen LogP contribution is -2.32. The number of benzene rings is 2. The van der Waals surface area contributed by atoms with Gasteiger partial charge in [-0.25, -0.2) is 9.37 Å². The highest BCUT2D eigenvalue weighted by atomic mass is 35.5. The molecule has 10 heteroatoms. The Morgan fingerprint density at radius 2 is 1.85 bits per heavy atom. The maximum atomic E-state index is 13.2. The summed E-state index contributed by atoms with van der Waals surface area (Å²) in [6.45, 7) is 0.302. The summed E-state index contributed by atoms with van der Waals surface area (Å²) >= 11 is 5.98. The summed E-state index contributed by atoms with van der Waals surface area (Å²) in [5.41, 5.74) is -0.119. The molecule has 0 bridgehead atoms. The van der Waals surface area contributed by atoms with Crippen molar-refractivity contribution in [1.29, 1.82) is 0 Å². The number of carboxylic acids is 1. The average molecular weight is 489 g/mol. The molecule has 0 aliphatic rings. The van der Waals surface area contributed by atoms with Gasteiger partial charge < -0.3 is 9.84 Å². The lowest BCUT2D eigenvalue weighted by molar-refractivity contribution is -0.141. The van der Waals surface area contributed by atoms with Gasteiger partial charge in [-0.3, -0.25) is 23.7 Å². The monoisotopic (exact) mass is 488 g/mol. The number of carboxylic acid groups (broad SMARTS) is 1. The summed E-state index contributed by atoms with van der Waals surface area (Å²) in [6.07, 6.45) is 0.265. The molecule has 1 N–H and O–H groups in total. The zero-order chi connectivity index (χ0) is 24.8. The topological polar surface area (TPSA) is 116 Å². The zero-order valence-electron chi connectivity index (χ0n) is 18.2. The molecule has 2 atom stereocenters. The highest BCUT2D eigenvalue weighted by Gasteiger charge is 2.29. The molecule has 1 heterocycles. The molecule has 3 rings (SSSR count). The van der Waals surface area contributed by atoms with Gasteiger partial charge in [0, 0.05) is 17.4 Å². The SMILES string of the molecule is CC[C@@H](C(=O)CC(CC(=O)O)C(=O)CF)n1cnc2ccc(Oc3cccc(Cl)c3)cc2c1=O. The van der Waals surface area contributed by atoms with Crippen LogP contribution in [0.4, 0.5) is 4.39 Å². The Hall–Kier alpha value is -3.59. The van der Waals surface area contributed by atoms with Crippen molar-refractivity contribution in [2.24, 2.45) is 5.92 Å². The summed E-state index contributed by atoms with van der Waals surface area (Å²) in [7, 11) is 0. The van der Waals surface area contributed by atoms with Crippen LogP contribution in [0.3, 0.4) is 0 Å². The van der Waals surface area contributed by atoms with Crippen LogP contribution >= 0.6 is 11.6 Å². The molecule has 0 saturated heterocycles. The molecule has 0 amide bonds.